The second-order valence-corrected chi connectivity index (χ2v) is 4.78. The third-order valence-electron chi connectivity index (χ3n) is 3.37. The van der Waals surface area contributed by atoms with Crippen LogP contribution in [0.25, 0.3) is 10.9 Å². The largest absolute Gasteiger partial charge is 0.361 e. The fourth-order valence-corrected chi connectivity index (χ4v) is 2.15. The lowest BCUT2D eigenvalue weighted by Gasteiger charge is -2.15. The van der Waals surface area contributed by atoms with Gasteiger partial charge < -0.3 is 15.2 Å². The van der Waals surface area contributed by atoms with Gasteiger partial charge in [0.05, 0.1) is 6.54 Å². The normalized spacial score (nSPS) is 10.5. The monoisotopic (exact) mass is 273 g/mol. The van der Waals surface area contributed by atoms with Crippen LogP contribution in [0.5, 0.6) is 0 Å². The molecule has 0 fully saturated rings. The van der Waals surface area contributed by atoms with E-state index in [-0.39, 0.29) is 18.4 Å². The van der Waals surface area contributed by atoms with E-state index in [2.05, 4.69) is 10.3 Å². The highest BCUT2D eigenvalue weighted by molar-refractivity contribution is 5.86. The maximum absolute atomic E-state index is 12.0. The topological polar surface area (TPSA) is 65.2 Å². The van der Waals surface area contributed by atoms with E-state index >= 15 is 0 Å². The average Bonchev–Trinajstić information content (AvgIpc) is 2.87. The van der Waals surface area contributed by atoms with Gasteiger partial charge in [-0.25, -0.2) is 0 Å². The second kappa shape index (κ2) is 6.23. The molecule has 5 heteroatoms. The zero-order valence-corrected chi connectivity index (χ0v) is 11.8. The molecular formula is C15H19N3O2. The molecule has 20 heavy (non-hydrogen) atoms. The first-order valence-corrected chi connectivity index (χ1v) is 6.61. The van der Waals surface area contributed by atoms with Crippen molar-refractivity contribution in [2.45, 2.75) is 12.8 Å². The Morgan fingerprint density at radius 3 is 2.80 bits per heavy atom. The van der Waals surface area contributed by atoms with Gasteiger partial charge in [-0.1, -0.05) is 18.2 Å². The molecule has 2 aromatic rings. The van der Waals surface area contributed by atoms with Crippen molar-refractivity contribution < 1.29 is 9.59 Å². The van der Waals surface area contributed by atoms with E-state index in [4.69, 9.17) is 0 Å². The maximum Gasteiger partial charge on any atom is 0.239 e. The minimum atomic E-state index is -0.159. The molecule has 0 spiro atoms. The molecule has 106 valence electrons. The van der Waals surface area contributed by atoms with Crippen LogP contribution in [0.4, 0.5) is 0 Å². The number of hydrogen-bond donors (Lipinski definition) is 2. The molecule has 0 saturated heterocycles. The van der Waals surface area contributed by atoms with Crippen molar-refractivity contribution in [2.24, 2.45) is 0 Å². The summed E-state index contributed by atoms with van der Waals surface area (Å²) in [6.07, 6.45) is 3.01. The Labute approximate surface area is 118 Å². The fourth-order valence-electron chi connectivity index (χ4n) is 2.15. The van der Waals surface area contributed by atoms with Crippen LogP contribution in [0.15, 0.2) is 30.5 Å². The summed E-state index contributed by atoms with van der Waals surface area (Å²) in [5, 5.41) is 3.65. The summed E-state index contributed by atoms with van der Waals surface area (Å²) in [5.74, 6) is -0.188. The van der Waals surface area contributed by atoms with Gasteiger partial charge in [0.15, 0.2) is 0 Å². The SMILES string of the molecule is CNC(=O)CN(C)C(=O)CCc1c[nH]c2ccccc12. The van der Waals surface area contributed by atoms with Gasteiger partial charge in [0.1, 0.15) is 0 Å². The minimum Gasteiger partial charge on any atom is -0.361 e. The van der Waals surface area contributed by atoms with Gasteiger partial charge in [-0.2, -0.15) is 0 Å². The number of aryl methyl sites for hydroxylation is 1. The number of carbonyl (C=O) groups excluding carboxylic acids is 2. The number of rotatable bonds is 5. The summed E-state index contributed by atoms with van der Waals surface area (Å²) in [6, 6.07) is 8.02. The third-order valence-corrected chi connectivity index (χ3v) is 3.37. The van der Waals surface area contributed by atoms with Gasteiger partial charge in [0.25, 0.3) is 0 Å². The standard InChI is InChI=1S/C15H19N3O2/c1-16-14(19)10-18(2)15(20)8-7-11-9-17-13-6-4-3-5-12(11)13/h3-6,9,17H,7-8,10H2,1-2H3,(H,16,19). The first kappa shape index (κ1) is 14.1. The molecule has 0 unspecified atom stereocenters. The molecule has 0 aliphatic heterocycles. The van der Waals surface area contributed by atoms with E-state index in [1.807, 2.05) is 30.5 Å². The van der Waals surface area contributed by atoms with Gasteiger partial charge in [0.2, 0.25) is 11.8 Å². The Kier molecular flexibility index (Phi) is 4.40. The Balaban J connectivity index is 1.95. The number of nitrogens with zero attached hydrogens (tertiary/aromatic N) is 1. The lowest BCUT2D eigenvalue weighted by Crippen LogP contribution is -2.36. The average molecular weight is 273 g/mol. The summed E-state index contributed by atoms with van der Waals surface area (Å²) < 4.78 is 0. The number of benzene rings is 1. The quantitative estimate of drug-likeness (QED) is 0.862. The number of carbonyl (C=O) groups is 2. The maximum atomic E-state index is 12.0. The van der Waals surface area contributed by atoms with Crippen LogP contribution >= 0.6 is 0 Å². The number of nitrogens with one attached hydrogen (secondary N) is 2. The van der Waals surface area contributed by atoms with E-state index in [9.17, 15) is 9.59 Å². The zero-order chi connectivity index (χ0) is 14.5. The van der Waals surface area contributed by atoms with E-state index in [0.717, 1.165) is 16.5 Å². The molecule has 0 aliphatic rings. The number of likely N-dealkylation sites (N-methyl/N-ethyl adjacent to an activating group) is 2. The molecule has 2 N–H and O–H groups in total. The van der Waals surface area contributed by atoms with Crippen LogP contribution < -0.4 is 5.32 Å². The van der Waals surface area contributed by atoms with Crippen molar-refractivity contribution in [3.8, 4) is 0 Å². The lowest BCUT2D eigenvalue weighted by molar-refractivity contribution is -0.134. The van der Waals surface area contributed by atoms with Crippen molar-refractivity contribution in [1.29, 1.82) is 0 Å². The highest BCUT2D eigenvalue weighted by Crippen LogP contribution is 2.19. The number of hydrogen-bond acceptors (Lipinski definition) is 2. The van der Waals surface area contributed by atoms with Crippen molar-refractivity contribution in [3.63, 3.8) is 0 Å². The van der Waals surface area contributed by atoms with Crippen molar-refractivity contribution >= 4 is 22.7 Å². The summed E-state index contributed by atoms with van der Waals surface area (Å²) in [6.45, 7) is 0.100. The fraction of sp³-hybridized carbons (Fsp3) is 0.333. The Morgan fingerprint density at radius 2 is 2.05 bits per heavy atom. The summed E-state index contributed by atoms with van der Waals surface area (Å²) in [7, 11) is 3.21. The molecule has 5 nitrogen and oxygen atoms in total. The number of amides is 2. The van der Waals surface area contributed by atoms with Crippen LogP contribution in [0.2, 0.25) is 0 Å². The van der Waals surface area contributed by atoms with E-state index in [1.54, 1.807) is 14.1 Å². The third kappa shape index (κ3) is 3.17. The summed E-state index contributed by atoms with van der Waals surface area (Å²) in [5.41, 5.74) is 2.20. The number of H-pyrrole nitrogens is 1. The van der Waals surface area contributed by atoms with Crippen LogP contribution in [0.3, 0.4) is 0 Å². The summed E-state index contributed by atoms with van der Waals surface area (Å²) in [4.78, 5) is 27.8. The smallest absolute Gasteiger partial charge is 0.239 e. The number of aromatic nitrogens is 1. The molecule has 1 heterocycles. The summed E-state index contributed by atoms with van der Waals surface area (Å²) >= 11 is 0. The highest BCUT2D eigenvalue weighted by atomic mass is 16.2. The van der Waals surface area contributed by atoms with Gasteiger partial charge >= 0.3 is 0 Å². The predicted octanol–water partition coefficient (Wildman–Crippen LogP) is 1.30. The van der Waals surface area contributed by atoms with Crippen LogP contribution in [0.1, 0.15) is 12.0 Å². The molecule has 0 saturated carbocycles. The molecule has 0 bridgehead atoms. The number of fused-ring (bicyclic) bond motifs is 1. The first-order chi connectivity index (χ1) is 9.61. The Bertz CT molecular complexity index is 618. The molecule has 2 amide bonds. The van der Waals surface area contributed by atoms with Crippen molar-refractivity contribution in [3.05, 3.63) is 36.0 Å². The van der Waals surface area contributed by atoms with E-state index < -0.39 is 0 Å². The lowest BCUT2D eigenvalue weighted by atomic mass is 10.1. The van der Waals surface area contributed by atoms with Crippen LogP contribution in [0, 0.1) is 0 Å². The predicted molar refractivity (Wildman–Crippen MR) is 78.3 cm³/mol. The van der Waals surface area contributed by atoms with Gasteiger partial charge in [-0.05, 0) is 18.1 Å². The number of para-hydroxylation sites is 1. The Morgan fingerprint density at radius 1 is 1.30 bits per heavy atom. The van der Waals surface area contributed by atoms with Crippen molar-refractivity contribution in [2.75, 3.05) is 20.6 Å². The van der Waals surface area contributed by atoms with Crippen LogP contribution in [-0.2, 0) is 16.0 Å². The van der Waals surface area contributed by atoms with Gasteiger partial charge in [-0.15, -0.1) is 0 Å². The highest BCUT2D eigenvalue weighted by Gasteiger charge is 2.13. The van der Waals surface area contributed by atoms with E-state index in [0.29, 0.717) is 12.8 Å². The van der Waals surface area contributed by atoms with Crippen LogP contribution in [-0.4, -0.2) is 42.3 Å². The van der Waals surface area contributed by atoms with Gasteiger partial charge in [0, 0.05) is 37.6 Å². The Hall–Kier alpha value is -2.30. The van der Waals surface area contributed by atoms with Crippen molar-refractivity contribution in [1.82, 2.24) is 15.2 Å². The molecule has 0 radical (unpaired) electrons. The molecule has 1 aromatic carbocycles. The first-order valence-electron chi connectivity index (χ1n) is 6.61. The molecular weight excluding hydrogens is 254 g/mol. The molecule has 0 atom stereocenters. The molecule has 0 aliphatic carbocycles. The minimum absolute atomic E-state index is 0.0288. The van der Waals surface area contributed by atoms with Gasteiger partial charge in [-0.3, -0.25) is 9.59 Å². The molecule has 1 aromatic heterocycles. The second-order valence-electron chi connectivity index (χ2n) is 4.78. The number of aromatic amines is 1. The molecule has 2 rings (SSSR count). The zero-order valence-electron chi connectivity index (χ0n) is 11.8. The van der Waals surface area contributed by atoms with E-state index in [1.165, 1.54) is 4.90 Å².